The number of hydrogen-bond donors (Lipinski definition) is 1. The maximum atomic E-state index is 14.1. The average Bonchev–Trinajstić information content (AvgIpc) is 3.34. The van der Waals surface area contributed by atoms with Crippen molar-refractivity contribution in [3.8, 4) is 5.75 Å². The van der Waals surface area contributed by atoms with Gasteiger partial charge in [0.25, 0.3) is 0 Å². The lowest BCUT2D eigenvalue weighted by molar-refractivity contribution is 0.188. The standard InChI is InChI=1S/C17H25FN2O/c1-21-16-5-2-14(17(18)10-16)12-20(15-3-4-15)11-13-6-8-19-9-7-13/h2,5,10,13,15,19H,3-4,6-9,11-12H2,1H3. The fraction of sp³-hybridized carbons (Fsp3) is 0.647. The van der Waals surface area contributed by atoms with Crippen molar-refractivity contribution in [2.75, 3.05) is 26.7 Å². The molecule has 2 fully saturated rings. The summed E-state index contributed by atoms with van der Waals surface area (Å²) in [5.74, 6) is 1.20. The van der Waals surface area contributed by atoms with E-state index in [0.717, 1.165) is 37.7 Å². The molecule has 1 saturated heterocycles. The van der Waals surface area contributed by atoms with Crippen LogP contribution >= 0.6 is 0 Å². The van der Waals surface area contributed by atoms with Gasteiger partial charge in [-0.15, -0.1) is 0 Å². The van der Waals surface area contributed by atoms with E-state index in [2.05, 4.69) is 10.2 Å². The van der Waals surface area contributed by atoms with Crippen LogP contribution in [-0.4, -0.2) is 37.7 Å². The first-order valence-electron chi connectivity index (χ1n) is 8.03. The summed E-state index contributed by atoms with van der Waals surface area (Å²) in [6, 6.07) is 5.88. The second-order valence-corrected chi connectivity index (χ2v) is 6.31. The fourth-order valence-corrected chi connectivity index (χ4v) is 3.18. The van der Waals surface area contributed by atoms with Crippen molar-refractivity contribution >= 4 is 0 Å². The van der Waals surface area contributed by atoms with Crippen LogP contribution in [0.15, 0.2) is 18.2 Å². The first kappa shape index (κ1) is 14.8. The number of rotatable bonds is 6. The first-order valence-corrected chi connectivity index (χ1v) is 8.03. The Morgan fingerprint density at radius 3 is 2.62 bits per heavy atom. The van der Waals surface area contributed by atoms with E-state index in [-0.39, 0.29) is 5.82 Å². The van der Waals surface area contributed by atoms with Crippen LogP contribution in [-0.2, 0) is 6.54 Å². The summed E-state index contributed by atoms with van der Waals surface area (Å²) in [6.45, 7) is 4.09. The maximum absolute atomic E-state index is 14.1. The predicted octanol–water partition coefficient (Wildman–Crippen LogP) is 2.80. The Morgan fingerprint density at radius 1 is 1.24 bits per heavy atom. The molecule has 3 nitrogen and oxygen atoms in total. The van der Waals surface area contributed by atoms with Crippen molar-refractivity contribution in [3.63, 3.8) is 0 Å². The Bertz CT molecular complexity index is 470. The van der Waals surface area contributed by atoms with Crippen LogP contribution < -0.4 is 10.1 Å². The second kappa shape index (κ2) is 6.75. The van der Waals surface area contributed by atoms with Gasteiger partial charge < -0.3 is 10.1 Å². The van der Waals surface area contributed by atoms with Crippen LogP contribution in [0.4, 0.5) is 4.39 Å². The van der Waals surface area contributed by atoms with E-state index < -0.39 is 0 Å². The summed E-state index contributed by atoms with van der Waals surface area (Å²) in [5.41, 5.74) is 0.789. The molecule has 2 aliphatic rings. The number of methoxy groups -OCH3 is 1. The lowest BCUT2D eigenvalue weighted by Gasteiger charge is -2.30. The molecule has 116 valence electrons. The molecular weight excluding hydrogens is 267 g/mol. The van der Waals surface area contributed by atoms with Crippen molar-refractivity contribution < 1.29 is 9.13 Å². The van der Waals surface area contributed by atoms with Crippen LogP contribution in [0.3, 0.4) is 0 Å². The van der Waals surface area contributed by atoms with E-state index in [0.29, 0.717) is 11.8 Å². The molecule has 1 heterocycles. The van der Waals surface area contributed by atoms with Gasteiger partial charge in [0.2, 0.25) is 0 Å². The molecule has 0 unspecified atom stereocenters. The van der Waals surface area contributed by atoms with Crippen molar-refractivity contribution in [1.29, 1.82) is 0 Å². The minimum absolute atomic E-state index is 0.148. The summed E-state index contributed by atoms with van der Waals surface area (Å²) in [6.07, 6.45) is 5.02. The molecule has 3 rings (SSSR count). The Kier molecular flexibility index (Phi) is 4.76. The second-order valence-electron chi connectivity index (χ2n) is 6.31. The Morgan fingerprint density at radius 2 is 2.00 bits per heavy atom. The fourth-order valence-electron chi connectivity index (χ4n) is 3.18. The average molecular weight is 292 g/mol. The van der Waals surface area contributed by atoms with Gasteiger partial charge in [0, 0.05) is 30.8 Å². The van der Waals surface area contributed by atoms with Gasteiger partial charge in [0.1, 0.15) is 11.6 Å². The van der Waals surface area contributed by atoms with E-state index in [9.17, 15) is 4.39 Å². The summed E-state index contributed by atoms with van der Waals surface area (Å²) in [7, 11) is 1.57. The molecule has 0 atom stereocenters. The zero-order valence-electron chi connectivity index (χ0n) is 12.8. The molecule has 0 aromatic heterocycles. The highest BCUT2D eigenvalue weighted by Gasteiger charge is 2.31. The van der Waals surface area contributed by atoms with E-state index in [1.807, 2.05) is 12.1 Å². The van der Waals surface area contributed by atoms with Gasteiger partial charge in [-0.25, -0.2) is 4.39 Å². The van der Waals surface area contributed by atoms with Crippen LogP contribution in [0.1, 0.15) is 31.2 Å². The largest absolute Gasteiger partial charge is 0.497 e. The topological polar surface area (TPSA) is 24.5 Å². The third kappa shape index (κ3) is 3.95. The SMILES string of the molecule is COc1ccc(CN(CC2CCNCC2)C2CC2)c(F)c1. The zero-order chi connectivity index (χ0) is 14.7. The van der Waals surface area contributed by atoms with Gasteiger partial charge in [-0.2, -0.15) is 0 Å². The minimum atomic E-state index is -0.148. The minimum Gasteiger partial charge on any atom is -0.497 e. The number of ether oxygens (including phenoxy) is 1. The molecule has 0 amide bonds. The molecule has 1 N–H and O–H groups in total. The quantitative estimate of drug-likeness (QED) is 0.872. The highest BCUT2D eigenvalue weighted by atomic mass is 19.1. The molecule has 0 bridgehead atoms. The van der Waals surface area contributed by atoms with Gasteiger partial charge in [-0.1, -0.05) is 6.07 Å². The third-order valence-corrected chi connectivity index (χ3v) is 4.65. The molecule has 1 aliphatic heterocycles. The molecule has 21 heavy (non-hydrogen) atoms. The van der Waals surface area contributed by atoms with Crippen molar-refractivity contribution in [1.82, 2.24) is 10.2 Å². The molecule has 0 spiro atoms. The Hall–Kier alpha value is -1.13. The first-order chi connectivity index (χ1) is 10.3. The van der Waals surface area contributed by atoms with E-state index in [1.165, 1.54) is 31.7 Å². The third-order valence-electron chi connectivity index (χ3n) is 4.65. The normalized spacial score (nSPS) is 20.0. The van der Waals surface area contributed by atoms with Gasteiger partial charge in [-0.05, 0) is 50.8 Å². The predicted molar refractivity (Wildman–Crippen MR) is 82.0 cm³/mol. The highest BCUT2D eigenvalue weighted by Crippen LogP contribution is 2.31. The van der Waals surface area contributed by atoms with Crippen molar-refractivity contribution in [2.45, 2.75) is 38.3 Å². The monoisotopic (exact) mass is 292 g/mol. The molecule has 1 aliphatic carbocycles. The number of benzene rings is 1. The Balaban J connectivity index is 1.64. The van der Waals surface area contributed by atoms with Gasteiger partial charge in [0.05, 0.1) is 7.11 Å². The summed E-state index contributed by atoms with van der Waals surface area (Å²) >= 11 is 0. The number of halogens is 1. The summed E-state index contributed by atoms with van der Waals surface area (Å²) in [4.78, 5) is 2.49. The Labute approximate surface area is 126 Å². The molecule has 1 aromatic carbocycles. The van der Waals surface area contributed by atoms with Gasteiger partial charge >= 0.3 is 0 Å². The van der Waals surface area contributed by atoms with E-state index in [4.69, 9.17) is 4.74 Å². The number of hydrogen-bond acceptors (Lipinski definition) is 3. The number of nitrogens with zero attached hydrogens (tertiary/aromatic N) is 1. The molecule has 0 radical (unpaired) electrons. The van der Waals surface area contributed by atoms with Crippen LogP contribution in [0.25, 0.3) is 0 Å². The van der Waals surface area contributed by atoms with Crippen molar-refractivity contribution in [2.24, 2.45) is 5.92 Å². The lowest BCUT2D eigenvalue weighted by Crippen LogP contribution is -2.37. The number of piperidine rings is 1. The number of nitrogens with one attached hydrogen (secondary N) is 1. The smallest absolute Gasteiger partial charge is 0.131 e. The van der Waals surface area contributed by atoms with Gasteiger partial charge in [-0.3, -0.25) is 4.90 Å². The van der Waals surface area contributed by atoms with Crippen molar-refractivity contribution in [3.05, 3.63) is 29.6 Å². The van der Waals surface area contributed by atoms with Crippen LogP contribution in [0.5, 0.6) is 5.75 Å². The molecule has 1 aromatic rings. The van der Waals surface area contributed by atoms with E-state index >= 15 is 0 Å². The van der Waals surface area contributed by atoms with Crippen LogP contribution in [0, 0.1) is 11.7 Å². The van der Waals surface area contributed by atoms with E-state index in [1.54, 1.807) is 7.11 Å². The molecular formula is C17H25FN2O. The summed E-state index contributed by atoms with van der Waals surface area (Å²) < 4.78 is 19.2. The maximum Gasteiger partial charge on any atom is 0.131 e. The zero-order valence-corrected chi connectivity index (χ0v) is 12.8. The summed E-state index contributed by atoms with van der Waals surface area (Å²) in [5, 5.41) is 3.41. The highest BCUT2D eigenvalue weighted by molar-refractivity contribution is 5.29. The van der Waals surface area contributed by atoms with Crippen LogP contribution in [0.2, 0.25) is 0 Å². The van der Waals surface area contributed by atoms with Gasteiger partial charge in [0.15, 0.2) is 0 Å². The lowest BCUT2D eigenvalue weighted by atomic mass is 9.97. The molecule has 1 saturated carbocycles. The molecule has 4 heteroatoms.